The fourth-order valence-corrected chi connectivity index (χ4v) is 5.10. The molecule has 2 heterocycles. The minimum absolute atomic E-state index is 0.0456. The van der Waals surface area contributed by atoms with E-state index in [9.17, 15) is 13.2 Å². The molecule has 1 aliphatic rings. The van der Waals surface area contributed by atoms with Crippen LogP contribution in [-0.4, -0.2) is 31.9 Å². The highest BCUT2D eigenvalue weighted by atomic mass is 32.2. The third-order valence-corrected chi connectivity index (χ3v) is 6.48. The van der Waals surface area contributed by atoms with Crippen LogP contribution in [0, 0.1) is 6.92 Å². The van der Waals surface area contributed by atoms with E-state index in [-0.39, 0.29) is 23.5 Å². The molecule has 0 spiro atoms. The highest BCUT2D eigenvalue weighted by molar-refractivity contribution is 7.91. The second-order valence-electron chi connectivity index (χ2n) is 5.60. The topological polar surface area (TPSA) is 63.2 Å². The van der Waals surface area contributed by atoms with Crippen LogP contribution in [0.5, 0.6) is 0 Å². The molecule has 0 bridgehead atoms. The molecule has 1 atom stereocenters. The van der Waals surface area contributed by atoms with Gasteiger partial charge in [0.2, 0.25) is 0 Å². The van der Waals surface area contributed by atoms with Gasteiger partial charge in [0.25, 0.3) is 5.91 Å². The maximum Gasteiger partial charge on any atom is 0.262 e. The van der Waals surface area contributed by atoms with Crippen molar-refractivity contribution in [2.24, 2.45) is 0 Å². The number of thiophene rings is 1. The first kappa shape index (κ1) is 15.2. The molecule has 1 aliphatic heterocycles. The van der Waals surface area contributed by atoms with Gasteiger partial charge in [0.15, 0.2) is 9.84 Å². The second kappa shape index (κ2) is 5.85. The Balaban J connectivity index is 1.80. The van der Waals surface area contributed by atoms with E-state index in [2.05, 4.69) is 5.32 Å². The van der Waals surface area contributed by atoms with Crippen LogP contribution in [0.3, 0.4) is 0 Å². The lowest BCUT2D eigenvalue weighted by molar-refractivity contribution is 0.0946. The Hall–Kier alpha value is -1.66. The standard InChI is InChI=1S/C16H17NO3S2/c1-11-2-4-12(5-3-11)14-6-8-21-15(14)16(18)17-13-7-9-22(19,20)10-13/h2-6,8,13H,7,9-10H2,1H3,(H,17,18)/t13-/m1/s1. The number of carbonyl (C=O) groups is 1. The van der Waals surface area contributed by atoms with Gasteiger partial charge in [0, 0.05) is 11.6 Å². The molecule has 1 fully saturated rings. The smallest absolute Gasteiger partial charge is 0.262 e. The molecule has 116 valence electrons. The Bertz CT molecular complexity index is 791. The number of hydrogen-bond acceptors (Lipinski definition) is 4. The van der Waals surface area contributed by atoms with E-state index in [1.54, 1.807) is 0 Å². The van der Waals surface area contributed by atoms with Gasteiger partial charge in [-0.1, -0.05) is 29.8 Å². The van der Waals surface area contributed by atoms with Crippen molar-refractivity contribution in [3.8, 4) is 11.1 Å². The van der Waals surface area contributed by atoms with Gasteiger partial charge in [0.05, 0.1) is 16.4 Å². The Morgan fingerprint density at radius 1 is 1.23 bits per heavy atom. The van der Waals surface area contributed by atoms with Gasteiger partial charge in [-0.05, 0) is 30.4 Å². The number of benzene rings is 1. The predicted octanol–water partition coefficient (Wildman–Crippen LogP) is 2.64. The first-order valence-corrected chi connectivity index (χ1v) is 9.80. The number of carbonyl (C=O) groups excluding carboxylic acids is 1. The van der Waals surface area contributed by atoms with E-state index in [1.165, 1.54) is 16.9 Å². The summed E-state index contributed by atoms with van der Waals surface area (Å²) in [6, 6.07) is 9.67. The zero-order valence-corrected chi connectivity index (χ0v) is 13.8. The summed E-state index contributed by atoms with van der Waals surface area (Å²) in [7, 11) is -2.99. The average molecular weight is 335 g/mol. The molecule has 0 aliphatic carbocycles. The quantitative estimate of drug-likeness (QED) is 0.938. The molecule has 22 heavy (non-hydrogen) atoms. The lowest BCUT2D eigenvalue weighted by Gasteiger charge is -2.11. The summed E-state index contributed by atoms with van der Waals surface area (Å²) in [5.74, 6) is 0.0182. The summed E-state index contributed by atoms with van der Waals surface area (Å²) in [6.45, 7) is 2.02. The number of amides is 1. The molecule has 0 unspecified atom stereocenters. The number of rotatable bonds is 3. The second-order valence-corrected chi connectivity index (χ2v) is 8.75. The van der Waals surface area contributed by atoms with Crippen LogP contribution in [0.4, 0.5) is 0 Å². The van der Waals surface area contributed by atoms with Crippen molar-refractivity contribution in [3.63, 3.8) is 0 Å². The molecule has 1 saturated heterocycles. The normalized spacial score (nSPS) is 20.0. The van der Waals surface area contributed by atoms with E-state index in [0.717, 1.165) is 11.1 Å². The summed E-state index contributed by atoms with van der Waals surface area (Å²) in [6.07, 6.45) is 0.499. The molecule has 6 heteroatoms. The summed E-state index contributed by atoms with van der Waals surface area (Å²) in [5, 5.41) is 4.74. The van der Waals surface area contributed by atoms with Gasteiger partial charge in [0.1, 0.15) is 0 Å². The van der Waals surface area contributed by atoms with E-state index < -0.39 is 9.84 Å². The molecule has 0 radical (unpaired) electrons. The summed E-state index contributed by atoms with van der Waals surface area (Å²) in [5.41, 5.74) is 3.06. The fraction of sp³-hybridized carbons (Fsp3) is 0.312. The van der Waals surface area contributed by atoms with Crippen molar-refractivity contribution in [3.05, 3.63) is 46.2 Å². The van der Waals surface area contributed by atoms with Gasteiger partial charge < -0.3 is 5.32 Å². The maximum absolute atomic E-state index is 12.4. The summed E-state index contributed by atoms with van der Waals surface area (Å²) < 4.78 is 23.0. The number of sulfone groups is 1. The molecule has 1 amide bonds. The van der Waals surface area contributed by atoms with Crippen LogP contribution in [0.15, 0.2) is 35.7 Å². The zero-order valence-electron chi connectivity index (χ0n) is 12.2. The number of nitrogens with one attached hydrogen (secondary N) is 1. The maximum atomic E-state index is 12.4. The number of hydrogen-bond donors (Lipinski definition) is 1. The summed E-state index contributed by atoms with van der Waals surface area (Å²) in [4.78, 5) is 13.1. The zero-order chi connectivity index (χ0) is 15.7. The van der Waals surface area contributed by atoms with E-state index in [1.807, 2.05) is 42.6 Å². The minimum Gasteiger partial charge on any atom is -0.348 e. The van der Waals surface area contributed by atoms with Crippen molar-refractivity contribution in [1.82, 2.24) is 5.32 Å². The van der Waals surface area contributed by atoms with Gasteiger partial charge >= 0.3 is 0 Å². The van der Waals surface area contributed by atoms with E-state index in [0.29, 0.717) is 11.3 Å². The van der Waals surface area contributed by atoms with Crippen molar-refractivity contribution < 1.29 is 13.2 Å². The molecule has 1 N–H and O–H groups in total. The summed E-state index contributed by atoms with van der Waals surface area (Å²) >= 11 is 1.38. The third-order valence-electron chi connectivity index (χ3n) is 3.80. The minimum atomic E-state index is -2.99. The molecule has 1 aromatic heterocycles. The van der Waals surface area contributed by atoms with Gasteiger partial charge in [-0.25, -0.2) is 8.42 Å². The van der Waals surface area contributed by atoms with Gasteiger partial charge in [-0.2, -0.15) is 0 Å². The van der Waals surface area contributed by atoms with Crippen LogP contribution in [0.2, 0.25) is 0 Å². The Morgan fingerprint density at radius 3 is 2.59 bits per heavy atom. The van der Waals surface area contributed by atoms with Crippen LogP contribution < -0.4 is 5.32 Å². The molecular formula is C16H17NO3S2. The highest BCUT2D eigenvalue weighted by Crippen LogP contribution is 2.29. The Kier molecular flexibility index (Phi) is 4.06. The van der Waals surface area contributed by atoms with Crippen LogP contribution in [-0.2, 0) is 9.84 Å². The van der Waals surface area contributed by atoms with Crippen molar-refractivity contribution in [2.45, 2.75) is 19.4 Å². The average Bonchev–Trinajstić information content (AvgIpc) is 3.06. The monoisotopic (exact) mass is 335 g/mol. The molecule has 1 aromatic carbocycles. The molecule has 4 nitrogen and oxygen atoms in total. The van der Waals surface area contributed by atoms with Crippen molar-refractivity contribution >= 4 is 27.1 Å². The first-order chi connectivity index (χ1) is 10.4. The Labute approximate surface area is 134 Å². The van der Waals surface area contributed by atoms with Crippen LogP contribution >= 0.6 is 11.3 Å². The SMILES string of the molecule is Cc1ccc(-c2ccsc2C(=O)N[C@@H]2CCS(=O)(=O)C2)cc1. The van der Waals surface area contributed by atoms with Gasteiger partial charge in [-0.15, -0.1) is 11.3 Å². The highest BCUT2D eigenvalue weighted by Gasteiger charge is 2.29. The van der Waals surface area contributed by atoms with Crippen molar-refractivity contribution in [2.75, 3.05) is 11.5 Å². The van der Waals surface area contributed by atoms with Crippen molar-refractivity contribution in [1.29, 1.82) is 0 Å². The van der Waals surface area contributed by atoms with Crippen LogP contribution in [0.25, 0.3) is 11.1 Å². The molecule has 2 aromatic rings. The lowest BCUT2D eigenvalue weighted by atomic mass is 10.0. The third kappa shape index (κ3) is 3.23. The van der Waals surface area contributed by atoms with E-state index in [4.69, 9.17) is 0 Å². The van der Waals surface area contributed by atoms with E-state index >= 15 is 0 Å². The molecule has 3 rings (SSSR count). The lowest BCUT2D eigenvalue weighted by Crippen LogP contribution is -2.35. The fourth-order valence-electron chi connectivity index (χ4n) is 2.61. The number of aryl methyl sites for hydroxylation is 1. The van der Waals surface area contributed by atoms with Crippen LogP contribution in [0.1, 0.15) is 21.7 Å². The molecule has 0 saturated carbocycles. The first-order valence-electron chi connectivity index (χ1n) is 7.10. The van der Waals surface area contributed by atoms with Gasteiger partial charge in [-0.3, -0.25) is 4.79 Å². The Morgan fingerprint density at radius 2 is 1.95 bits per heavy atom. The molecular weight excluding hydrogens is 318 g/mol. The predicted molar refractivity (Wildman–Crippen MR) is 89.0 cm³/mol. The largest absolute Gasteiger partial charge is 0.348 e.